The van der Waals surface area contributed by atoms with Crippen molar-refractivity contribution in [3.05, 3.63) is 24.0 Å². The first-order valence-electron chi connectivity index (χ1n) is 2.45. The summed E-state index contributed by atoms with van der Waals surface area (Å²) >= 11 is 0. The van der Waals surface area contributed by atoms with Gasteiger partial charge in [0.05, 0.1) is 0 Å². The molecule has 0 heterocycles. The van der Waals surface area contributed by atoms with E-state index in [1.807, 2.05) is 0 Å². The smallest absolute Gasteiger partial charge is 0.165 e. The zero-order valence-corrected chi connectivity index (χ0v) is 5.79. The van der Waals surface area contributed by atoms with Crippen LogP contribution >= 0.6 is 9.24 Å². The van der Waals surface area contributed by atoms with E-state index in [1.165, 1.54) is 12.1 Å². The van der Waals surface area contributed by atoms with Crippen molar-refractivity contribution < 1.29 is 9.50 Å². The molecule has 1 N–H and O–H groups in total. The van der Waals surface area contributed by atoms with Gasteiger partial charge in [-0.05, 0) is 6.07 Å². The van der Waals surface area contributed by atoms with E-state index in [-0.39, 0.29) is 5.75 Å². The Hall–Kier alpha value is -0.620. The molecule has 1 nitrogen and oxygen atoms in total. The first-order chi connectivity index (χ1) is 4.22. The van der Waals surface area contributed by atoms with E-state index in [2.05, 4.69) is 9.24 Å². The molecule has 0 bridgehead atoms. The lowest BCUT2D eigenvalue weighted by Gasteiger charge is -1.95. The lowest BCUT2D eigenvalue weighted by atomic mass is 10.3. The molecule has 0 aliphatic heterocycles. The fraction of sp³-hybridized carbons (Fsp3) is 0. The fourth-order valence-electron chi connectivity index (χ4n) is 0.532. The van der Waals surface area contributed by atoms with Crippen molar-refractivity contribution in [2.75, 3.05) is 0 Å². The summed E-state index contributed by atoms with van der Waals surface area (Å²) in [6.45, 7) is 0. The minimum absolute atomic E-state index is 0.289. The Labute approximate surface area is 54.7 Å². The summed E-state index contributed by atoms with van der Waals surface area (Å²) in [6, 6.07) is 4.36. The number of para-hydroxylation sites is 1. The maximum atomic E-state index is 12.3. The van der Waals surface area contributed by atoms with Gasteiger partial charge in [-0.2, -0.15) is 0 Å². The summed E-state index contributed by atoms with van der Waals surface area (Å²) < 4.78 is 12.3. The third kappa shape index (κ3) is 1.19. The van der Waals surface area contributed by atoms with Crippen molar-refractivity contribution >= 4 is 14.5 Å². The van der Waals surface area contributed by atoms with Gasteiger partial charge in [0.2, 0.25) is 0 Å². The molecule has 1 rings (SSSR count). The van der Waals surface area contributed by atoms with E-state index in [1.54, 1.807) is 6.07 Å². The zero-order chi connectivity index (χ0) is 6.85. The van der Waals surface area contributed by atoms with Gasteiger partial charge in [-0.1, -0.05) is 12.1 Å². The quantitative estimate of drug-likeness (QED) is 0.539. The second-order valence-corrected chi connectivity index (χ2v) is 2.30. The topological polar surface area (TPSA) is 20.2 Å². The van der Waals surface area contributed by atoms with Gasteiger partial charge < -0.3 is 5.11 Å². The van der Waals surface area contributed by atoms with E-state index in [4.69, 9.17) is 5.11 Å². The Morgan fingerprint density at radius 2 is 2.11 bits per heavy atom. The van der Waals surface area contributed by atoms with E-state index >= 15 is 0 Å². The van der Waals surface area contributed by atoms with Gasteiger partial charge in [0, 0.05) is 5.30 Å². The summed E-state index contributed by atoms with van der Waals surface area (Å²) in [5.41, 5.74) is 0. The second kappa shape index (κ2) is 2.32. The van der Waals surface area contributed by atoms with Crippen LogP contribution in [0.3, 0.4) is 0 Å². The zero-order valence-electron chi connectivity index (χ0n) is 4.63. The maximum Gasteiger partial charge on any atom is 0.165 e. The van der Waals surface area contributed by atoms with Crippen LogP contribution in [0, 0.1) is 5.82 Å². The van der Waals surface area contributed by atoms with Gasteiger partial charge in [-0.25, -0.2) is 4.39 Å². The van der Waals surface area contributed by atoms with Crippen LogP contribution in [0.4, 0.5) is 4.39 Å². The standard InChI is InChI=1S/C6H6FOP/c7-4-2-1-3-5(9)6(4)8/h1-3,8H,9H2. The van der Waals surface area contributed by atoms with E-state index < -0.39 is 5.82 Å². The number of aromatic hydroxyl groups is 1. The number of phenols is 1. The fourth-order valence-corrected chi connectivity index (χ4v) is 0.781. The molecule has 1 atom stereocenters. The molecular formula is C6H6FOP. The lowest BCUT2D eigenvalue weighted by molar-refractivity contribution is 0.437. The molecule has 1 aromatic carbocycles. The van der Waals surface area contributed by atoms with Crippen molar-refractivity contribution in [3.63, 3.8) is 0 Å². The molecule has 0 spiro atoms. The molecule has 1 unspecified atom stereocenters. The van der Waals surface area contributed by atoms with E-state index in [9.17, 15) is 4.39 Å². The van der Waals surface area contributed by atoms with Gasteiger partial charge >= 0.3 is 0 Å². The van der Waals surface area contributed by atoms with Crippen molar-refractivity contribution in [1.82, 2.24) is 0 Å². The molecule has 0 aromatic heterocycles. The summed E-state index contributed by atoms with van der Waals surface area (Å²) in [7, 11) is 2.23. The normalized spacial score (nSPS) is 9.56. The highest BCUT2D eigenvalue weighted by atomic mass is 31.0. The minimum Gasteiger partial charge on any atom is -0.504 e. The van der Waals surface area contributed by atoms with Crippen molar-refractivity contribution in [1.29, 1.82) is 0 Å². The average Bonchev–Trinajstić information content (AvgIpc) is 1.83. The van der Waals surface area contributed by atoms with Crippen LogP contribution in [0.15, 0.2) is 18.2 Å². The summed E-state index contributed by atoms with van der Waals surface area (Å²) in [4.78, 5) is 0. The van der Waals surface area contributed by atoms with Crippen LogP contribution in [-0.2, 0) is 0 Å². The van der Waals surface area contributed by atoms with Gasteiger partial charge in [0.1, 0.15) is 0 Å². The Balaban J connectivity index is 3.25. The number of benzene rings is 1. The molecule has 0 saturated carbocycles. The van der Waals surface area contributed by atoms with Gasteiger partial charge in [0.25, 0.3) is 0 Å². The number of halogens is 1. The van der Waals surface area contributed by atoms with Gasteiger partial charge in [0.15, 0.2) is 11.6 Å². The van der Waals surface area contributed by atoms with Crippen LogP contribution in [0.5, 0.6) is 5.75 Å². The first kappa shape index (κ1) is 6.50. The average molecular weight is 144 g/mol. The Morgan fingerprint density at radius 1 is 1.44 bits per heavy atom. The van der Waals surface area contributed by atoms with Gasteiger partial charge in [-0.15, -0.1) is 9.24 Å². The molecule has 48 valence electrons. The first-order valence-corrected chi connectivity index (χ1v) is 3.02. The van der Waals surface area contributed by atoms with Crippen molar-refractivity contribution in [2.45, 2.75) is 0 Å². The number of hydrogen-bond acceptors (Lipinski definition) is 1. The van der Waals surface area contributed by atoms with Crippen LogP contribution in [0.1, 0.15) is 0 Å². The molecule has 0 saturated heterocycles. The van der Waals surface area contributed by atoms with E-state index in [0.717, 1.165) is 0 Å². The highest BCUT2D eigenvalue weighted by Crippen LogP contribution is 2.12. The molecule has 9 heavy (non-hydrogen) atoms. The molecule has 0 fully saturated rings. The summed E-state index contributed by atoms with van der Waals surface area (Å²) in [5.74, 6) is -0.870. The van der Waals surface area contributed by atoms with Crippen LogP contribution in [-0.4, -0.2) is 5.11 Å². The largest absolute Gasteiger partial charge is 0.504 e. The number of phenolic OH excluding ortho intramolecular Hbond substituents is 1. The molecule has 0 radical (unpaired) electrons. The maximum absolute atomic E-state index is 12.3. The second-order valence-electron chi connectivity index (χ2n) is 1.68. The SMILES string of the molecule is Oc1c(F)cccc1P. The molecule has 0 aliphatic rings. The Bertz CT molecular complexity index is 204. The van der Waals surface area contributed by atoms with Crippen molar-refractivity contribution in [2.24, 2.45) is 0 Å². The minimum atomic E-state index is -0.581. The monoisotopic (exact) mass is 144 g/mol. The van der Waals surface area contributed by atoms with E-state index in [0.29, 0.717) is 5.30 Å². The van der Waals surface area contributed by atoms with Crippen LogP contribution < -0.4 is 5.30 Å². The third-order valence-electron chi connectivity index (χ3n) is 1.02. The molecule has 0 aliphatic carbocycles. The van der Waals surface area contributed by atoms with Gasteiger partial charge in [-0.3, -0.25) is 0 Å². The van der Waals surface area contributed by atoms with Crippen molar-refractivity contribution in [3.8, 4) is 5.75 Å². The predicted molar refractivity (Wildman–Crippen MR) is 37.4 cm³/mol. The van der Waals surface area contributed by atoms with Crippen LogP contribution in [0.25, 0.3) is 0 Å². The number of rotatable bonds is 0. The molecule has 0 amide bonds. The highest BCUT2D eigenvalue weighted by Gasteiger charge is 1.99. The summed E-state index contributed by atoms with van der Waals surface area (Å²) in [5, 5.41) is 9.29. The highest BCUT2D eigenvalue weighted by molar-refractivity contribution is 7.27. The number of hydrogen-bond donors (Lipinski definition) is 1. The summed E-state index contributed by atoms with van der Waals surface area (Å²) in [6.07, 6.45) is 0. The Kier molecular flexibility index (Phi) is 1.68. The molecule has 1 aromatic rings. The van der Waals surface area contributed by atoms with Crippen LogP contribution in [0.2, 0.25) is 0 Å². The predicted octanol–water partition coefficient (Wildman–Crippen LogP) is 1.03. The Morgan fingerprint density at radius 3 is 2.56 bits per heavy atom. The molecular weight excluding hydrogens is 138 g/mol. The third-order valence-corrected chi connectivity index (χ3v) is 1.48. The molecule has 3 heteroatoms. The lowest BCUT2D eigenvalue weighted by Crippen LogP contribution is -1.91.